The second kappa shape index (κ2) is 4.67. The van der Waals surface area contributed by atoms with E-state index in [0.717, 1.165) is 5.69 Å². The van der Waals surface area contributed by atoms with Crippen LogP contribution in [0.25, 0.3) is 0 Å². The first kappa shape index (κ1) is 11.8. The van der Waals surface area contributed by atoms with Gasteiger partial charge in [0.15, 0.2) is 4.77 Å². The number of aromatic nitrogens is 3. The van der Waals surface area contributed by atoms with Crippen LogP contribution >= 0.6 is 12.2 Å². The Morgan fingerprint density at radius 1 is 1.53 bits per heavy atom. The highest BCUT2D eigenvalue weighted by atomic mass is 32.1. The summed E-state index contributed by atoms with van der Waals surface area (Å²) < 4.78 is 15.6. The van der Waals surface area contributed by atoms with Gasteiger partial charge in [-0.15, -0.1) is 5.10 Å². The molecule has 0 aliphatic heterocycles. The summed E-state index contributed by atoms with van der Waals surface area (Å²) in [5.41, 5.74) is 0.730. The van der Waals surface area contributed by atoms with Gasteiger partial charge in [-0.25, -0.2) is 9.49 Å². The predicted octanol–water partition coefficient (Wildman–Crippen LogP) is 2.87. The van der Waals surface area contributed by atoms with E-state index < -0.39 is 0 Å². The number of nitrogens with one attached hydrogen (secondary N) is 1. The molecule has 0 saturated carbocycles. The molecule has 17 heavy (non-hydrogen) atoms. The third kappa shape index (κ3) is 2.21. The summed E-state index contributed by atoms with van der Waals surface area (Å²) in [6.45, 7) is 2.69. The van der Waals surface area contributed by atoms with Crippen LogP contribution in [0, 0.1) is 10.6 Å². The molecule has 1 heterocycles. The van der Waals surface area contributed by atoms with Gasteiger partial charge in [0.1, 0.15) is 5.82 Å². The van der Waals surface area contributed by atoms with Crippen molar-refractivity contribution in [2.24, 2.45) is 0 Å². The highest BCUT2D eigenvalue weighted by Crippen LogP contribution is 2.22. The van der Waals surface area contributed by atoms with Gasteiger partial charge in [-0.2, -0.15) is 0 Å². The van der Waals surface area contributed by atoms with E-state index in [9.17, 15) is 4.39 Å². The van der Waals surface area contributed by atoms with E-state index in [2.05, 4.69) is 10.2 Å². The molecule has 90 valence electrons. The zero-order valence-electron chi connectivity index (χ0n) is 9.64. The smallest absolute Gasteiger partial charge is 0.229 e. The van der Waals surface area contributed by atoms with Gasteiger partial charge in [-0.05, 0) is 37.3 Å². The molecule has 0 atom stereocenters. The minimum Gasteiger partial charge on any atom is -0.314 e. The fraction of sp³-hybridized carbons (Fsp3) is 0.273. The largest absolute Gasteiger partial charge is 0.314 e. The zero-order chi connectivity index (χ0) is 12.4. The van der Waals surface area contributed by atoms with Crippen molar-refractivity contribution in [2.75, 3.05) is 11.9 Å². The number of anilines is 2. The van der Waals surface area contributed by atoms with E-state index in [1.807, 2.05) is 24.6 Å². The fourth-order valence-electron chi connectivity index (χ4n) is 1.65. The van der Waals surface area contributed by atoms with Crippen LogP contribution in [-0.2, 0) is 6.54 Å². The fourth-order valence-corrected chi connectivity index (χ4v) is 1.91. The zero-order valence-corrected chi connectivity index (χ0v) is 10.5. The van der Waals surface area contributed by atoms with Crippen molar-refractivity contribution in [3.8, 4) is 0 Å². The minimum absolute atomic E-state index is 0.272. The molecule has 0 bridgehead atoms. The highest BCUT2D eigenvalue weighted by molar-refractivity contribution is 7.71. The maximum Gasteiger partial charge on any atom is 0.229 e. The average Bonchev–Trinajstić information content (AvgIpc) is 2.69. The van der Waals surface area contributed by atoms with Crippen molar-refractivity contribution in [2.45, 2.75) is 13.5 Å². The molecule has 1 N–H and O–H groups in total. The average molecular weight is 252 g/mol. The maximum atomic E-state index is 13.1. The Morgan fingerprint density at radius 2 is 2.29 bits per heavy atom. The predicted molar refractivity (Wildman–Crippen MR) is 67.5 cm³/mol. The molecule has 0 saturated heterocycles. The molecular formula is C11H13FN4S. The van der Waals surface area contributed by atoms with Gasteiger partial charge in [0.05, 0.1) is 0 Å². The number of benzene rings is 1. The maximum absolute atomic E-state index is 13.1. The van der Waals surface area contributed by atoms with Crippen molar-refractivity contribution in [3.63, 3.8) is 0 Å². The van der Waals surface area contributed by atoms with Gasteiger partial charge < -0.3 is 4.90 Å². The Morgan fingerprint density at radius 3 is 2.94 bits per heavy atom. The Balaban J connectivity index is 2.43. The number of hydrogen-bond donors (Lipinski definition) is 1. The summed E-state index contributed by atoms with van der Waals surface area (Å²) in [4.78, 5) is 1.79. The molecular weight excluding hydrogens is 239 g/mol. The van der Waals surface area contributed by atoms with Gasteiger partial charge in [-0.3, -0.25) is 4.57 Å². The quantitative estimate of drug-likeness (QED) is 0.853. The van der Waals surface area contributed by atoms with Crippen molar-refractivity contribution >= 4 is 23.9 Å². The lowest BCUT2D eigenvalue weighted by Gasteiger charge is -2.18. The van der Waals surface area contributed by atoms with Crippen LogP contribution in [0.5, 0.6) is 0 Å². The van der Waals surface area contributed by atoms with E-state index >= 15 is 0 Å². The molecule has 0 aliphatic rings. The van der Waals surface area contributed by atoms with Crippen LogP contribution in [0.4, 0.5) is 16.0 Å². The lowest BCUT2D eigenvalue weighted by molar-refractivity contribution is 0.627. The minimum atomic E-state index is -0.272. The van der Waals surface area contributed by atoms with Gasteiger partial charge >= 0.3 is 0 Å². The number of H-pyrrole nitrogens is 1. The molecule has 6 heteroatoms. The summed E-state index contributed by atoms with van der Waals surface area (Å²) in [5, 5.41) is 6.88. The van der Waals surface area contributed by atoms with Crippen molar-refractivity contribution in [1.29, 1.82) is 0 Å². The van der Waals surface area contributed by atoms with Crippen LogP contribution in [-0.4, -0.2) is 21.8 Å². The van der Waals surface area contributed by atoms with Crippen molar-refractivity contribution in [3.05, 3.63) is 34.9 Å². The third-order valence-corrected chi connectivity index (χ3v) is 2.86. The third-order valence-electron chi connectivity index (χ3n) is 2.55. The summed E-state index contributed by atoms with van der Waals surface area (Å²) in [7, 11) is 1.83. The number of aromatic amines is 1. The second-order valence-electron chi connectivity index (χ2n) is 3.61. The molecule has 2 aromatic rings. The normalized spacial score (nSPS) is 10.5. The number of nitrogens with zero attached hydrogens (tertiary/aromatic N) is 3. The number of halogens is 1. The Kier molecular flexibility index (Phi) is 3.23. The molecule has 2 rings (SSSR count). The van der Waals surface area contributed by atoms with Gasteiger partial charge in [0.25, 0.3) is 0 Å². The Hall–Kier alpha value is -1.69. The topological polar surface area (TPSA) is 36.9 Å². The van der Waals surface area contributed by atoms with E-state index in [-0.39, 0.29) is 5.82 Å². The molecule has 0 fully saturated rings. The van der Waals surface area contributed by atoms with E-state index in [0.29, 0.717) is 17.3 Å². The molecule has 1 aromatic heterocycles. The van der Waals surface area contributed by atoms with Crippen LogP contribution < -0.4 is 4.90 Å². The van der Waals surface area contributed by atoms with E-state index in [1.54, 1.807) is 11.0 Å². The summed E-state index contributed by atoms with van der Waals surface area (Å²) in [5.74, 6) is 0.398. The van der Waals surface area contributed by atoms with E-state index in [4.69, 9.17) is 12.2 Å². The van der Waals surface area contributed by atoms with Gasteiger partial charge in [-0.1, -0.05) is 6.07 Å². The van der Waals surface area contributed by atoms with Crippen LogP contribution in [0.2, 0.25) is 0 Å². The highest BCUT2D eigenvalue weighted by Gasteiger charge is 2.11. The lowest BCUT2D eigenvalue weighted by atomic mass is 10.3. The summed E-state index contributed by atoms with van der Waals surface area (Å²) >= 11 is 5.11. The Labute approximate surface area is 104 Å². The van der Waals surface area contributed by atoms with Crippen LogP contribution in [0.3, 0.4) is 0 Å². The molecule has 0 aliphatic carbocycles. The van der Waals surface area contributed by atoms with Gasteiger partial charge in [0, 0.05) is 19.3 Å². The molecule has 0 amide bonds. The first-order chi connectivity index (χ1) is 8.13. The second-order valence-corrected chi connectivity index (χ2v) is 4.00. The first-order valence-electron chi connectivity index (χ1n) is 5.28. The van der Waals surface area contributed by atoms with Gasteiger partial charge in [0.2, 0.25) is 5.95 Å². The molecule has 0 radical (unpaired) electrons. The molecule has 0 unspecified atom stereocenters. The number of rotatable bonds is 3. The first-order valence-corrected chi connectivity index (χ1v) is 5.68. The van der Waals surface area contributed by atoms with Crippen molar-refractivity contribution < 1.29 is 4.39 Å². The monoisotopic (exact) mass is 252 g/mol. The standard InChI is InChI=1S/C11H13FN4S/c1-3-16-10(13-14-11(16)17)15(2)9-6-4-5-8(12)7-9/h4-7H,3H2,1-2H3,(H,14,17). The van der Waals surface area contributed by atoms with Crippen LogP contribution in [0.1, 0.15) is 6.92 Å². The lowest BCUT2D eigenvalue weighted by Crippen LogP contribution is -2.15. The molecule has 1 aromatic carbocycles. The molecule has 4 nitrogen and oxygen atoms in total. The van der Waals surface area contributed by atoms with E-state index in [1.165, 1.54) is 12.1 Å². The summed E-state index contributed by atoms with van der Waals surface area (Å²) in [6.07, 6.45) is 0. The van der Waals surface area contributed by atoms with Crippen molar-refractivity contribution in [1.82, 2.24) is 14.8 Å². The number of hydrogen-bond acceptors (Lipinski definition) is 3. The SMILES string of the molecule is CCn1c(N(C)c2cccc(F)c2)n[nH]c1=S. The summed E-state index contributed by atoms with van der Waals surface area (Å²) in [6, 6.07) is 6.35. The molecule has 0 spiro atoms. The Bertz CT molecular complexity index is 575. The van der Waals surface area contributed by atoms with Crippen LogP contribution in [0.15, 0.2) is 24.3 Å².